The van der Waals surface area contributed by atoms with Gasteiger partial charge in [-0.25, -0.2) is 8.78 Å². The number of benzene rings is 2. The lowest BCUT2D eigenvalue weighted by atomic mass is 9.98. The summed E-state index contributed by atoms with van der Waals surface area (Å²) in [7, 11) is 3.36. The lowest BCUT2D eigenvalue weighted by Crippen LogP contribution is -2.18. The highest BCUT2D eigenvalue weighted by atomic mass is 79.9. The lowest BCUT2D eigenvalue weighted by Gasteiger charge is -2.19. The van der Waals surface area contributed by atoms with Crippen LogP contribution in [0.2, 0.25) is 0 Å². The second-order valence-electron chi connectivity index (χ2n) is 4.28. The summed E-state index contributed by atoms with van der Waals surface area (Å²) >= 11 is 3.47. The third-order valence-corrected chi connectivity index (χ3v) is 3.77. The van der Waals surface area contributed by atoms with E-state index in [1.54, 1.807) is 20.2 Å². The van der Waals surface area contributed by atoms with E-state index in [-0.39, 0.29) is 6.04 Å². The van der Waals surface area contributed by atoms with Gasteiger partial charge in [0.05, 0.1) is 13.2 Å². The molecule has 2 aromatic rings. The fraction of sp³-hybridized carbons (Fsp3) is 0.200. The summed E-state index contributed by atoms with van der Waals surface area (Å²) in [4.78, 5) is 0. The van der Waals surface area contributed by atoms with Crippen LogP contribution in [0.25, 0.3) is 0 Å². The molecule has 0 aromatic heterocycles. The van der Waals surface area contributed by atoms with Gasteiger partial charge in [0.15, 0.2) is 11.6 Å². The molecule has 1 atom stereocenters. The number of rotatable bonds is 4. The van der Waals surface area contributed by atoms with Crippen LogP contribution in [0.4, 0.5) is 8.78 Å². The van der Waals surface area contributed by atoms with E-state index in [2.05, 4.69) is 21.2 Å². The van der Waals surface area contributed by atoms with Crippen molar-refractivity contribution in [2.24, 2.45) is 0 Å². The number of ether oxygens (including phenoxy) is 1. The van der Waals surface area contributed by atoms with Gasteiger partial charge in [0, 0.05) is 4.47 Å². The Labute approximate surface area is 124 Å². The molecule has 0 saturated heterocycles. The quantitative estimate of drug-likeness (QED) is 0.905. The van der Waals surface area contributed by atoms with Crippen LogP contribution in [0.3, 0.4) is 0 Å². The predicted octanol–water partition coefficient (Wildman–Crippen LogP) is 4.04. The van der Waals surface area contributed by atoms with Gasteiger partial charge in [-0.15, -0.1) is 0 Å². The van der Waals surface area contributed by atoms with Crippen molar-refractivity contribution >= 4 is 15.9 Å². The number of hydrogen-bond donors (Lipinski definition) is 1. The molecule has 0 fully saturated rings. The van der Waals surface area contributed by atoms with Gasteiger partial charge in [0.2, 0.25) is 0 Å². The average Bonchev–Trinajstić information content (AvgIpc) is 2.45. The first kappa shape index (κ1) is 14.9. The van der Waals surface area contributed by atoms with Crippen LogP contribution in [-0.4, -0.2) is 14.2 Å². The molecule has 0 aliphatic heterocycles. The number of methoxy groups -OCH3 is 1. The Balaban J connectivity index is 2.43. The second kappa shape index (κ2) is 6.33. The Bertz CT molecular complexity index is 619. The first-order valence-electron chi connectivity index (χ1n) is 6.02. The van der Waals surface area contributed by atoms with Crippen molar-refractivity contribution in [2.75, 3.05) is 14.2 Å². The molecule has 0 amide bonds. The standard InChI is InChI=1S/C15H14BrF2NO/c1-19-15(9-3-6-13(17)14(18)7-9)11-5-4-10(20-2)8-12(11)16/h3-8,15,19H,1-2H3. The van der Waals surface area contributed by atoms with Gasteiger partial charge >= 0.3 is 0 Å². The summed E-state index contributed by atoms with van der Waals surface area (Å²) < 4.78 is 32.4. The molecular weight excluding hydrogens is 328 g/mol. The molecule has 0 saturated carbocycles. The summed E-state index contributed by atoms with van der Waals surface area (Å²) in [5.74, 6) is -0.981. The van der Waals surface area contributed by atoms with Crippen LogP contribution in [0, 0.1) is 11.6 Å². The predicted molar refractivity (Wildman–Crippen MR) is 78.0 cm³/mol. The minimum Gasteiger partial charge on any atom is -0.497 e. The van der Waals surface area contributed by atoms with Crippen LogP contribution in [0.15, 0.2) is 40.9 Å². The average molecular weight is 342 g/mol. The Morgan fingerprint density at radius 1 is 1.10 bits per heavy atom. The molecular formula is C15H14BrF2NO. The van der Waals surface area contributed by atoms with Crippen LogP contribution in [0.5, 0.6) is 5.75 Å². The van der Waals surface area contributed by atoms with E-state index in [1.807, 2.05) is 18.2 Å². The van der Waals surface area contributed by atoms with E-state index >= 15 is 0 Å². The molecule has 5 heteroatoms. The minimum atomic E-state index is -0.854. The molecule has 0 bridgehead atoms. The largest absolute Gasteiger partial charge is 0.497 e. The third kappa shape index (κ3) is 2.99. The molecule has 0 heterocycles. The molecule has 1 N–H and O–H groups in total. The lowest BCUT2D eigenvalue weighted by molar-refractivity contribution is 0.414. The topological polar surface area (TPSA) is 21.3 Å². The van der Waals surface area contributed by atoms with E-state index in [0.29, 0.717) is 5.56 Å². The van der Waals surface area contributed by atoms with Gasteiger partial charge in [-0.2, -0.15) is 0 Å². The molecule has 0 radical (unpaired) electrons. The van der Waals surface area contributed by atoms with Crippen LogP contribution in [0.1, 0.15) is 17.2 Å². The van der Waals surface area contributed by atoms with Gasteiger partial charge in [-0.05, 0) is 42.4 Å². The van der Waals surface area contributed by atoms with Gasteiger partial charge in [-0.3, -0.25) is 0 Å². The van der Waals surface area contributed by atoms with Crippen molar-refractivity contribution in [3.05, 3.63) is 63.6 Å². The summed E-state index contributed by atoms with van der Waals surface area (Å²) in [6.45, 7) is 0. The van der Waals surface area contributed by atoms with E-state index in [0.717, 1.165) is 21.9 Å². The fourth-order valence-electron chi connectivity index (χ4n) is 2.06. The number of halogens is 3. The third-order valence-electron chi connectivity index (χ3n) is 3.08. The molecule has 1 unspecified atom stereocenters. The Morgan fingerprint density at radius 2 is 1.85 bits per heavy atom. The van der Waals surface area contributed by atoms with E-state index in [9.17, 15) is 8.78 Å². The Morgan fingerprint density at radius 3 is 2.40 bits per heavy atom. The maximum atomic E-state index is 13.4. The summed E-state index contributed by atoms with van der Waals surface area (Å²) in [6.07, 6.45) is 0. The van der Waals surface area contributed by atoms with Crippen LogP contribution < -0.4 is 10.1 Å². The fourth-order valence-corrected chi connectivity index (χ4v) is 2.65. The van der Waals surface area contributed by atoms with Crippen molar-refractivity contribution in [2.45, 2.75) is 6.04 Å². The van der Waals surface area contributed by atoms with Crippen molar-refractivity contribution in [3.8, 4) is 5.75 Å². The monoisotopic (exact) mass is 341 g/mol. The van der Waals surface area contributed by atoms with Gasteiger partial charge in [0.1, 0.15) is 5.75 Å². The number of nitrogens with one attached hydrogen (secondary N) is 1. The molecule has 106 valence electrons. The highest BCUT2D eigenvalue weighted by Crippen LogP contribution is 2.31. The van der Waals surface area contributed by atoms with E-state index < -0.39 is 11.6 Å². The minimum absolute atomic E-state index is 0.245. The van der Waals surface area contributed by atoms with E-state index in [4.69, 9.17) is 4.74 Å². The van der Waals surface area contributed by atoms with Gasteiger partial charge < -0.3 is 10.1 Å². The molecule has 0 spiro atoms. The molecule has 0 aliphatic carbocycles. The Kier molecular flexibility index (Phi) is 4.73. The van der Waals surface area contributed by atoms with Crippen LogP contribution in [-0.2, 0) is 0 Å². The normalized spacial score (nSPS) is 12.2. The summed E-state index contributed by atoms with van der Waals surface area (Å²) in [6, 6.07) is 9.19. The molecule has 2 aromatic carbocycles. The van der Waals surface area contributed by atoms with Crippen molar-refractivity contribution in [1.82, 2.24) is 5.32 Å². The second-order valence-corrected chi connectivity index (χ2v) is 5.14. The van der Waals surface area contributed by atoms with Gasteiger partial charge in [0.25, 0.3) is 0 Å². The molecule has 2 rings (SSSR count). The SMILES string of the molecule is CNC(c1ccc(F)c(F)c1)c1ccc(OC)cc1Br. The van der Waals surface area contributed by atoms with E-state index in [1.165, 1.54) is 6.07 Å². The zero-order chi connectivity index (χ0) is 14.7. The highest BCUT2D eigenvalue weighted by Gasteiger charge is 2.17. The number of hydrogen-bond acceptors (Lipinski definition) is 2. The van der Waals surface area contributed by atoms with Crippen molar-refractivity contribution < 1.29 is 13.5 Å². The zero-order valence-corrected chi connectivity index (χ0v) is 12.7. The molecule has 20 heavy (non-hydrogen) atoms. The Hall–Kier alpha value is -1.46. The van der Waals surface area contributed by atoms with Crippen LogP contribution >= 0.6 is 15.9 Å². The smallest absolute Gasteiger partial charge is 0.159 e. The molecule has 2 nitrogen and oxygen atoms in total. The first-order chi connectivity index (χ1) is 9.56. The molecule has 0 aliphatic rings. The summed E-state index contributed by atoms with van der Waals surface area (Å²) in [5.41, 5.74) is 1.57. The van der Waals surface area contributed by atoms with Crippen molar-refractivity contribution in [3.63, 3.8) is 0 Å². The maximum absolute atomic E-state index is 13.4. The zero-order valence-electron chi connectivity index (χ0n) is 11.1. The summed E-state index contributed by atoms with van der Waals surface area (Å²) in [5, 5.41) is 3.10. The van der Waals surface area contributed by atoms with Gasteiger partial charge in [-0.1, -0.05) is 28.1 Å². The first-order valence-corrected chi connectivity index (χ1v) is 6.81. The van der Waals surface area contributed by atoms with Crippen molar-refractivity contribution in [1.29, 1.82) is 0 Å². The highest BCUT2D eigenvalue weighted by molar-refractivity contribution is 9.10. The maximum Gasteiger partial charge on any atom is 0.159 e.